The normalized spacial score (nSPS) is 11.1. The van der Waals surface area contributed by atoms with Gasteiger partial charge in [0.15, 0.2) is 0 Å². The summed E-state index contributed by atoms with van der Waals surface area (Å²) in [5.41, 5.74) is 1.92. The van der Waals surface area contributed by atoms with Gasteiger partial charge in [-0.1, -0.05) is 48.5 Å². The Kier molecular flexibility index (Phi) is 5.61. The van der Waals surface area contributed by atoms with E-state index in [1.807, 2.05) is 0 Å². The van der Waals surface area contributed by atoms with Crippen LogP contribution in [0, 0.1) is 20.2 Å². The van der Waals surface area contributed by atoms with Gasteiger partial charge in [-0.2, -0.15) is 0 Å². The van der Waals surface area contributed by atoms with Gasteiger partial charge in [0.2, 0.25) is 0 Å². The van der Waals surface area contributed by atoms with E-state index in [9.17, 15) is 20.2 Å². The van der Waals surface area contributed by atoms with Gasteiger partial charge in [0, 0.05) is 24.6 Å². The molecule has 0 saturated heterocycles. The zero-order valence-electron chi connectivity index (χ0n) is 14.5. The first kappa shape index (κ1) is 18.6. The Labute approximate surface area is 159 Å². The first-order valence-corrected chi connectivity index (χ1v) is 8.19. The monoisotopic (exact) mass is 374 g/mol. The molecule has 0 spiro atoms. The van der Waals surface area contributed by atoms with Gasteiger partial charge in [0.05, 0.1) is 9.85 Å². The van der Waals surface area contributed by atoms with E-state index in [-0.39, 0.29) is 22.7 Å². The van der Waals surface area contributed by atoms with Crippen molar-refractivity contribution in [1.29, 1.82) is 0 Å². The third-order valence-corrected chi connectivity index (χ3v) is 3.80. The lowest BCUT2D eigenvalue weighted by atomic mass is 10.1. The van der Waals surface area contributed by atoms with Crippen molar-refractivity contribution in [2.24, 2.45) is 9.98 Å². The summed E-state index contributed by atoms with van der Waals surface area (Å²) in [5, 5.41) is 22.0. The molecule has 0 aliphatic rings. The minimum absolute atomic E-state index is 0.0630. The molecule has 0 N–H and O–H groups in total. The molecule has 0 radical (unpaired) electrons. The first-order chi connectivity index (χ1) is 13.5. The van der Waals surface area contributed by atoms with E-state index < -0.39 is 9.85 Å². The van der Waals surface area contributed by atoms with Crippen molar-refractivity contribution in [3.63, 3.8) is 0 Å². The van der Waals surface area contributed by atoms with Crippen LogP contribution in [0.25, 0.3) is 0 Å². The molecule has 138 valence electrons. The highest BCUT2D eigenvalue weighted by Gasteiger charge is 2.11. The number of rotatable bonds is 6. The maximum atomic E-state index is 11.0. The summed E-state index contributed by atoms with van der Waals surface area (Å²) in [6, 6.07) is 19.6. The minimum Gasteiger partial charge on any atom is -0.258 e. The van der Waals surface area contributed by atoms with Crippen LogP contribution in [0.5, 0.6) is 0 Å². The van der Waals surface area contributed by atoms with E-state index >= 15 is 0 Å². The largest absolute Gasteiger partial charge is 0.294 e. The van der Waals surface area contributed by atoms with Crippen LogP contribution in [-0.2, 0) is 0 Å². The molecule has 0 saturated carbocycles. The molecule has 0 aliphatic heterocycles. The molecule has 3 rings (SSSR count). The van der Waals surface area contributed by atoms with Gasteiger partial charge in [-0.15, -0.1) is 0 Å². The van der Waals surface area contributed by atoms with Crippen molar-refractivity contribution >= 4 is 35.2 Å². The lowest BCUT2D eigenvalue weighted by molar-refractivity contribution is -0.384. The van der Waals surface area contributed by atoms with Crippen LogP contribution < -0.4 is 0 Å². The maximum absolute atomic E-state index is 11.0. The number of para-hydroxylation sites is 4. The molecule has 0 fully saturated rings. The summed E-state index contributed by atoms with van der Waals surface area (Å²) in [4.78, 5) is 29.4. The molecule has 0 amide bonds. The summed E-state index contributed by atoms with van der Waals surface area (Å²) >= 11 is 0. The number of benzene rings is 3. The fourth-order valence-corrected chi connectivity index (χ4v) is 2.41. The molecule has 0 atom stereocenters. The maximum Gasteiger partial charge on any atom is 0.294 e. The number of nitro groups is 2. The zero-order valence-corrected chi connectivity index (χ0v) is 14.5. The molecule has 3 aromatic carbocycles. The molecule has 0 heterocycles. The summed E-state index contributed by atoms with van der Waals surface area (Å²) in [6.45, 7) is 0. The van der Waals surface area contributed by atoms with Gasteiger partial charge in [0.1, 0.15) is 11.4 Å². The van der Waals surface area contributed by atoms with Crippen molar-refractivity contribution in [1.82, 2.24) is 0 Å². The SMILES string of the molecule is O=[N+]([O-])c1ccccc1N=Cc1ccc(C=Nc2ccccc2[N+](=O)[O-])cc1. The minimum atomic E-state index is -0.477. The van der Waals surface area contributed by atoms with Gasteiger partial charge < -0.3 is 0 Å². The molecular weight excluding hydrogens is 360 g/mol. The Bertz CT molecular complexity index is 989. The second kappa shape index (κ2) is 8.45. The van der Waals surface area contributed by atoms with Crippen LogP contribution in [-0.4, -0.2) is 22.3 Å². The highest BCUT2D eigenvalue weighted by molar-refractivity contribution is 5.87. The van der Waals surface area contributed by atoms with E-state index in [1.54, 1.807) is 60.7 Å². The molecular formula is C20H14N4O4. The van der Waals surface area contributed by atoms with E-state index in [2.05, 4.69) is 9.98 Å². The molecule has 0 aromatic heterocycles. The van der Waals surface area contributed by atoms with E-state index in [1.165, 1.54) is 24.6 Å². The third kappa shape index (κ3) is 4.50. The summed E-state index contributed by atoms with van der Waals surface area (Å²) in [6.07, 6.45) is 3.07. The predicted octanol–water partition coefficient (Wildman–Crippen LogP) is 5.00. The molecule has 8 heteroatoms. The van der Waals surface area contributed by atoms with Crippen molar-refractivity contribution in [3.8, 4) is 0 Å². The van der Waals surface area contributed by atoms with Crippen LogP contribution in [0.4, 0.5) is 22.7 Å². The molecule has 0 aliphatic carbocycles. The standard InChI is InChI=1S/C20H14N4O4/c25-23(26)19-7-3-1-5-17(19)21-13-15-9-11-16(12-10-15)14-22-18-6-2-4-8-20(18)24(27)28/h1-14H. The number of hydrogen-bond acceptors (Lipinski definition) is 6. The van der Waals surface area contributed by atoms with Crippen LogP contribution in [0.15, 0.2) is 82.8 Å². The second-order valence-corrected chi connectivity index (χ2v) is 5.67. The summed E-state index contributed by atoms with van der Waals surface area (Å²) < 4.78 is 0. The average Bonchev–Trinajstić information content (AvgIpc) is 2.71. The Balaban J connectivity index is 1.76. The molecule has 0 unspecified atom stereocenters. The van der Waals surface area contributed by atoms with Crippen LogP contribution in [0.1, 0.15) is 11.1 Å². The molecule has 3 aromatic rings. The first-order valence-electron chi connectivity index (χ1n) is 8.19. The van der Waals surface area contributed by atoms with E-state index in [0.29, 0.717) is 0 Å². The molecule has 28 heavy (non-hydrogen) atoms. The quantitative estimate of drug-likeness (QED) is 0.343. The highest BCUT2D eigenvalue weighted by Crippen LogP contribution is 2.27. The van der Waals surface area contributed by atoms with E-state index in [4.69, 9.17) is 0 Å². The Morgan fingerprint density at radius 2 is 0.964 bits per heavy atom. The number of hydrogen-bond donors (Lipinski definition) is 0. The van der Waals surface area contributed by atoms with Crippen LogP contribution in [0.3, 0.4) is 0 Å². The van der Waals surface area contributed by atoms with Gasteiger partial charge >= 0.3 is 0 Å². The lowest BCUT2D eigenvalue weighted by Gasteiger charge is -1.98. The van der Waals surface area contributed by atoms with Crippen molar-refractivity contribution < 1.29 is 9.85 Å². The summed E-state index contributed by atoms with van der Waals surface area (Å²) in [5.74, 6) is 0. The Morgan fingerprint density at radius 3 is 1.32 bits per heavy atom. The fraction of sp³-hybridized carbons (Fsp3) is 0. The van der Waals surface area contributed by atoms with E-state index in [0.717, 1.165) is 11.1 Å². The van der Waals surface area contributed by atoms with Crippen molar-refractivity contribution in [2.45, 2.75) is 0 Å². The second-order valence-electron chi connectivity index (χ2n) is 5.67. The number of aliphatic imine (C=N–C) groups is 2. The fourth-order valence-electron chi connectivity index (χ4n) is 2.41. The van der Waals surface area contributed by atoms with Gasteiger partial charge in [0.25, 0.3) is 11.4 Å². The molecule has 0 bridgehead atoms. The third-order valence-electron chi connectivity index (χ3n) is 3.80. The number of nitro benzene ring substituents is 2. The van der Waals surface area contributed by atoms with Gasteiger partial charge in [-0.25, -0.2) is 9.98 Å². The molecule has 8 nitrogen and oxygen atoms in total. The van der Waals surface area contributed by atoms with Crippen molar-refractivity contribution in [2.75, 3.05) is 0 Å². The average molecular weight is 374 g/mol. The smallest absolute Gasteiger partial charge is 0.258 e. The van der Waals surface area contributed by atoms with Gasteiger partial charge in [-0.05, 0) is 23.3 Å². The van der Waals surface area contributed by atoms with Crippen molar-refractivity contribution in [3.05, 3.63) is 104 Å². The van der Waals surface area contributed by atoms with Gasteiger partial charge in [-0.3, -0.25) is 20.2 Å². The Morgan fingerprint density at radius 1 is 0.607 bits per heavy atom. The Hall–Kier alpha value is -4.20. The number of nitrogens with zero attached hydrogens (tertiary/aromatic N) is 4. The predicted molar refractivity (Wildman–Crippen MR) is 107 cm³/mol. The summed E-state index contributed by atoms with van der Waals surface area (Å²) in [7, 11) is 0. The van der Waals surface area contributed by atoms with Crippen LogP contribution in [0.2, 0.25) is 0 Å². The zero-order chi connectivity index (χ0) is 19.9. The lowest BCUT2D eigenvalue weighted by Crippen LogP contribution is -1.89. The topological polar surface area (TPSA) is 111 Å². The highest BCUT2D eigenvalue weighted by atomic mass is 16.6. The van der Waals surface area contributed by atoms with Crippen LogP contribution >= 0.6 is 0 Å².